The number of allylic oxidation sites excluding steroid dienone is 3. The number of hydrogen-bond acceptors (Lipinski definition) is 5. The molecule has 1 aliphatic heterocycles. The van der Waals surface area contributed by atoms with E-state index in [1.54, 1.807) is 4.90 Å². The number of aliphatic hydroxyl groups is 1. The minimum absolute atomic E-state index is 0.227. The smallest absolute Gasteiger partial charge is 0.409 e. The van der Waals surface area contributed by atoms with E-state index in [9.17, 15) is 14.7 Å². The summed E-state index contributed by atoms with van der Waals surface area (Å²) >= 11 is 0. The topological polar surface area (TPSA) is 108 Å². The molecule has 2 aliphatic rings. The average Bonchev–Trinajstić information content (AvgIpc) is 3.20. The molecule has 8 heteroatoms. The maximum atomic E-state index is 12.2. The SMILES string of the molecule is O=C(NCC1CCN(C(=O)OCC2C=CC=CC2)CC1)c1nc[nH]c1CO. The van der Waals surface area contributed by atoms with E-state index in [0.717, 1.165) is 19.3 Å². The summed E-state index contributed by atoms with van der Waals surface area (Å²) in [6, 6.07) is 0. The summed E-state index contributed by atoms with van der Waals surface area (Å²) in [6.07, 6.45) is 11.8. The van der Waals surface area contributed by atoms with E-state index in [1.165, 1.54) is 6.33 Å². The van der Waals surface area contributed by atoms with E-state index in [-0.39, 0.29) is 30.2 Å². The zero-order valence-corrected chi connectivity index (χ0v) is 15.3. The molecule has 1 aliphatic carbocycles. The number of piperidine rings is 1. The lowest BCUT2D eigenvalue weighted by Crippen LogP contribution is -2.42. The van der Waals surface area contributed by atoms with E-state index in [1.807, 2.05) is 12.2 Å². The molecule has 0 bridgehead atoms. The Hall–Kier alpha value is -2.61. The Labute approximate surface area is 158 Å². The second-order valence-electron chi connectivity index (χ2n) is 6.91. The second-order valence-corrected chi connectivity index (χ2v) is 6.91. The summed E-state index contributed by atoms with van der Waals surface area (Å²) in [4.78, 5) is 32.7. The number of likely N-dealkylation sites (tertiary alicyclic amines) is 1. The van der Waals surface area contributed by atoms with Crippen LogP contribution in [0.3, 0.4) is 0 Å². The van der Waals surface area contributed by atoms with Gasteiger partial charge in [0.1, 0.15) is 0 Å². The number of amides is 2. The molecule has 2 heterocycles. The van der Waals surface area contributed by atoms with Gasteiger partial charge in [-0.2, -0.15) is 0 Å². The molecule has 3 rings (SSSR count). The fourth-order valence-corrected chi connectivity index (χ4v) is 3.30. The molecular weight excluding hydrogens is 348 g/mol. The van der Waals surface area contributed by atoms with E-state index in [4.69, 9.17) is 4.74 Å². The lowest BCUT2D eigenvalue weighted by molar-refractivity contribution is 0.0782. The first-order valence-electron chi connectivity index (χ1n) is 9.33. The highest BCUT2D eigenvalue weighted by Gasteiger charge is 2.25. The molecule has 1 unspecified atom stereocenters. The first-order chi connectivity index (χ1) is 13.2. The fraction of sp³-hybridized carbons (Fsp3) is 0.526. The van der Waals surface area contributed by atoms with Gasteiger partial charge in [-0.1, -0.05) is 24.3 Å². The Balaban J connectivity index is 1.36. The summed E-state index contributed by atoms with van der Waals surface area (Å²) in [5.41, 5.74) is 0.637. The van der Waals surface area contributed by atoms with Crippen LogP contribution in [-0.4, -0.2) is 58.2 Å². The van der Waals surface area contributed by atoms with Crippen LogP contribution in [0, 0.1) is 11.8 Å². The average molecular weight is 374 g/mol. The van der Waals surface area contributed by atoms with Crippen LogP contribution in [0.1, 0.15) is 35.4 Å². The van der Waals surface area contributed by atoms with E-state index in [2.05, 4.69) is 27.4 Å². The van der Waals surface area contributed by atoms with Crippen LogP contribution in [0.4, 0.5) is 4.79 Å². The van der Waals surface area contributed by atoms with Crippen molar-refractivity contribution >= 4 is 12.0 Å². The first kappa shape index (κ1) is 19.2. The third-order valence-electron chi connectivity index (χ3n) is 5.01. The number of aromatic nitrogens is 2. The summed E-state index contributed by atoms with van der Waals surface area (Å²) in [5, 5.41) is 12.0. The highest BCUT2D eigenvalue weighted by atomic mass is 16.6. The normalized spacial score (nSPS) is 19.9. The van der Waals surface area contributed by atoms with Crippen molar-refractivity contribution in [1.82, 2.24) is 20.2 Å². The lowest BCUT2D eigenvalue weighted by Gasteiger charge is -2.31. The van der Waals surface area contributed by atoms with Crippen molar-refractivity contribution in [3.05, 3.63) is 42.0 Å². The van der Waals surface area contributed by atoms with Gasteiger partial charge in [-0.3, -0.25) is 4.79 Å². The van der Waals surface area contributed by atoms with Gasteiger partial charge in [0.2, 0.25) is 0 Å². The van der Waals surface area contributed by atoms with Gasteiger partial charge in [0.25, 0.3) is 5.91 Å². The molecular formula is C19H26N4O4. The third kappa shape index (κ3) is 5.19. The number of carbonyl (C=O) groups excluding carboxylic acids is 2. The van der Waals surface area contributed by atoms with Crippen molar-refractivity contribution in [2.45, 2.75) is 25.9 Å². The van der Waals surface area contributed by atoms with Crippen LogP contribution in [0.25, 0.3) is 0 Å². The Kier molecular flexibility index (Phi) is 6.64. The van der Waals surface area contributed by atoms with Crippen molar-refractivity contribution in [2.75, 3.05) is 26.2 Å². The maximum Gasteiger partial charge on any atom is 0.409 e. The van der Waals surface area contributed by atoms with Gasteiger partial charge in [0.05, 0.1) is 25.2 Å². The number of H-pyrrole nitrogens is 1. The molecule has 1 aromatic heterocycles. The van der Waals surface area contributed by atoms with E-state index >= 15 is 0 Å². The molecule has 1 fully saturated rings. The number of nitrogens with zero attached hydrogens (tertiary/aromatic N) is 2. The summed E-state index contributed by atoms with van der Waals surface area (Å²) in [7, 11) is 0. The number of aromatic amines is 1. The van der Waals surface area contributed by atoms with Gasteiger partial charge >= 0.3 is 6.09 Å². The Morgan fingerprint density at radius 1 is 1.33 bits per heavy atom. The van der Waals surface area contributed by atoms with E-state index in [0.29, 0.717) is 37.9 Å². The van der Waals surface area contributed by atoms with Crippen molar-refractivity contribution in [2.24, 2.45) is 11.8 Å². The highest BCUT2D eigenvalue weighted by molar-refractivity contribution is 5.93. The molecule has 3 N–H and O–H groups in total. The monoisotopic (exact) mass is 374 g/mol. The van der Waals surface area contributed by atoms with Crippen LogP contribution in [0.5, 0.6) is 0 Å². The predicted molar refractivity (Wildman–Crippen MR) is 98.9 cm³/mol. The Bertz CT molecular complexity index is 704. The zero-order valence-electron chi connectivity index (χ0n) is 15.3. The number of rotatable bonds is 6. The van der Waals surface area contributed by atoms with Crippen molar-refractivity contribution in [3.8, 4) is 0 Å². The number of ether oxygens (including phenoxy) is 1. The number of carbonyl (C=O) groups is 2. The van der Waals surface area contributed by atoms with Crippen LogP contribution in [0.2, 0.25) is 0 Å². The molecule has 0 saturated carbocycles. The molecule has 27 heavy (non-hydrogen) atoms. The van der Waals surface area contributed by atoms with Crippen LogP contribution in [-0.2, 0) is 11.3 Å². The van der Waals surface area contributed by atoms with Crippen LogP contribution < -0.4 is 5.32 Å². The fourth-order valence-electron chi connectivity index (χ4n) is 3.30. The molecule has 8 nitrogen and oxygen atoms in total. The van der Waals surface area contributed by atoms with E-state index < -0.39 is 0 Å². The second kappa shape index (κ2) is 9.36. The van der Waals surface area contributed by atoms with Gasteiger partial charge in [-0.25, -0.2) is 9.78 Å². The highest BCUT2D eigenvalue weighted by Crippen LogP contribution is 2.18. The molecule has 146 valence electrons. The Morgan fingerprint density at radius 3 is 2.85 bits per heavy atom. The summed E-state index contributed by atoms with van der Waals surface area (Å²) in [6.45, 7) is 1.94. The van der Waals surface area contributed by atoms with Crippen LogP contribution >= 0.6 is 0 Å². The predicted octanol–water partition coefficient (Wildman–Crippen LogP) is 1.61. The molecule has 1 atom stereocenters. The van der Waals surface area contributed by atoms with Gasteiger partial charge in [0.15, 0.2) is 5.69 Å². The maximum absolute atomic E-state index is 12.2. The van der Waals surface area contributed by atoms with Crippen LogP contribution in [0.15, 0.2) is 30.6 Å². The van der Waals surface area contributed by atoms with Gasteiger partial charge in [-0.05, 0) is 25.2 Å². The molecule has 0 aromatic carbocycles. The number of aliphatic hydroxyl groups excluding tert-OH is 1. The minimum atomic E-state index is -0.295. The molecule has 1 aromatic rings. The lowest BCUT2D eigenvalue weighted by atomic mass is 9.97. The molecule has 2 amide bonds. The van der Waals surface area contributed by atoms with Gasteiger partial charge in [-0.15, -0.1) is 0 Å². The summed E-state index contributed by atoms with van der Waals surface area (Å²) < 4.78 is 5.43. The van der Waals surface area contributed by atoms with Gasteiger partial charge < -0.3 is 25.0 Å². The summed E-state index contributed by atoms with van der Waals surface area (Å²) in [5.74, 6) is 0.273. The zero-order chi connectivity index (χ0) is 19.1. The number of hydrogen-bond donors (Lipinski definition) is 3. The van der Waals surface area contributed by atoms with Crippen molar-refractivity contribution in [3.63, 3.8) is 0 Å². The number of imidazole rings is 1. The van der Waals surface area contributed by atoms with Gasteiger partial charge in [0, 0.05) is 25.6 Å². The molecule has 0 radical (unpaired) electrons. The molecule has 0 spiro atoms. The van der Waals surface area contributed by atoms with Crippen molar-refractivity contribution in [1.29, 1.82) is 0 Å². The first-order valence-corrected chi connectivity index (χ1v) is 9.33. The molecule has 1 saturated heterocycles. The number of nitrogens with one attached hydrogen (secondary N) is 2. The standard InChI is InChI=1S/C19H26N4O4/c24-11-16-17(22-13-21-16)18(25)20-10-14-6-8-23(9-7-14)19(26)27-12-15-4-2-1-3-5-15/h1-4,13-15,24H,5-12H2,(H,20,25)(H,21,22). The minimum Gasteiger partial charge on any atom is -0.449 e. The van der Waals surface area contributed by atoms with Crippen molar-refractivity contribution < 1.29 is 19.4 Å². The quantitative estimate of drug-likeness (QED) is 0.701. The largest absolute Gasteiger partial charge is 0.449 e. The third-order valence-corrected chi connectivity index (χ3v) is 5.01. The Morgan fingerprint density at radius 2 is 2.15 bits per heavy atom.